The van der Waals surface area contributed by atoms with E-state index in [4.69, 9.17) is 9.47 Å². The van der Waals surface area contributed by atoms with Crippen LogP contribution in [0.2, 0.25) is 0 Å². The van der Waals surface area contributed by atoms with Gasteiger partial charge < -0.3 is 20.1 Å². The van der Waals surface area contributed by atoms with Crippen molar-refractivity contribution in [2.45, 2.75) is 13.0 Å². The molecule has 0 unspecified atom stereocenters. The fourth-order valence-corrected chi connectivity index (χ4v) is 2.19. The molecule has 2 N–H and O–H groups in total. The fourth-order valence-electron chi connectivity index (χ4n) is 2.19. The first-order valence-electron chi connectivity index (χ1n) is 7.60. The molecule has 0 bridgehead atoms. The third-order valence-electron chi connectivity index (χ3n) is 3.48. The number of amides is 1. The summed E-state index contributed by atoms with van der Waals surface area (Å²) in [6.45, 7) is 0.814. The van der Waals surface area contributed by atoms with Crippen molar-refractivity contribution < 1.29 is 18.7 Å². The van der Waals surface area contributed by atoms with Crippen molar-refractivity contribution in [3.8, 4) is 11.5 Å². The van der Waals surface area contributed by atoms with E-state index in [0.29, 0.717) is 35.8 Å². The molecule has 0 saturated carbocycles. The number of nitrogens with one attached hydrogen (secondary N) is 2. The number of hydrogen-bond acceptors (Lipinski definition) is 4. The third-order valence-corrected chi connectivity index (χ3v) is 3.48. The van der Waals surface area contributed by atoms with E-state index in [-0.39, 0.29) is 18.1 Å². The van der Waals surface area contributed by atoms with Crippen LogP contribution in [-0.4, -0.2) is 26.7 Å². The summed E-state index contributed by atoms with van der Waals surface area (Å²) in [5.74, 6) is 0.769. The molecule has 24 heavy (non-hydrogen) atoms. The largest absolute Gasteiger partial charge is 0.497 e. The van der Waals surface area contributed by atoms with Gasteiger partial charge in [0.15, 0.2) is 0 Å². The van der Waals surface area contributed by atoms with Crippen LogP contribution in [0.4, 0.5) is 10.1 Å². The SMILES string of the molecule is COc1ccc(OC)c(NC(=O)CCNCc2ccccc2F)c1. The summed E-state index contributed by atoms with van der Waals surface area (Å²) < 4.78 is 23.8. The molecule has 1 amide bonds. The minimum atomic E-state index is -0.254. The van der Waals surface area contributed by atoms with Crippen molar-refractivity contribution in [3.63, 3.8) is 0 Å². The van der Waals surface area contributed by atoms with Gasteiger partial charge in [-0.25, -0.2) is 4.39 Å². The van der Waals surface area contributed by atoms with Gasteiger partial charge in [0.05, 0.1) is 19.9 Å². The lowest BCUT2D eigenvalue weighted by Crippen LogP contribution is -2.22. The van der Waals surface area contributed by atoms with Gasteiger partial charge in [-0.15, -0.1) is 0 Å². The van der Waals surface area contributed by atoms with Crippen LogP contribution in [0, 0.1) is 5.82 Å². The Bertz CT molecular complexity index is 692. The van der Waals surface area contributed by atoms with Crippen molar-refractivity contribution in [1.82, 2.24) is 5.32 Å². The van der Waals surface area contributed by atoms with Crippen LogP contribution in [0.15, 0.2) is 42.5 Å². The molecular formula is C18H21FN2O3. The van der Waals surface area contributed by atoms with Crippen LogP contribution < -0.4 is 20.1 Å². The zero-order chi connectivity index (χ0) is 17.4. The topological polar surface area (TPSA) is 59.6 Å². The third kappa shape index (κ3) is 4.96. The lowest BCUT2D eigenvalue weighted by molar-refractivity contribution is -0.116. The highest BCUT2D eigenvalue weighted by molar-refractivity contribution is 5.92. The molecule has 0 heterocycles. The lowest BCUT2D eigenvalue weighted by Gasteiger charge is -2.12. The Morgan fingerprint density at radius 3 is 2.62 bits per heavy atom. The maximum absolute atomic E-state index is 13.5. The Hall–Kier alpha value is -2.60. The van der Waals surface area contributed by atoms with E-state index in [1.165, 1.54) is 13.2 Å². The van der Waals surface area contributed by atoms with Crippen LogP contribution in [0.1, 0.15) is 12.0 Å². The van der Waals surface area contributed by atoms with E-state index >= 15 is 0 Å². The average molecular weight is 332 g/mol. The Labute approximate surface area is 140 Å². The van der Waals surface area contributed by atoms with Gasteiger partial charge in [-0.1, -0.05) is 18.2 Å². The first-order chi connectivity index (χ1) is 11.6. The normalized spacial score (nSPS) is 10.3. The molecule has 0 aliphatic carbocycles. The summed E-state index contributed by atoms with van der Waals surface area (Å²) in [4.78, 5) is 12.0. The number of methoxy groups -OCH3 is 2. The molecule has 128 valence electrons. The average Bonchev–Trinajstić information content (AvgIpc) is 2.60. The van der Waals surface area contributed by atoms with Gasteiger partial charge >= 0.3 is 0 Å². The van der Waals surface area contributed by atoms with E-state index in [9.17, 15) is 9.18 Å². The molecule has 0 fully saturated rings. The molecule has 2 aromatic carbocycles. The molecule has 0 spiro atoms. The van der Waals surface area contributed by atoms with E-state index in [0.717, 1.165) is 0 Å². The molecule has 0 aliphatic rings. The molecule has 0 radical (unpaired) electrons. The Morgan fingerprint density at radius 2 is 1.92 bits per heavy atom. The zero-order valence-electron chi connectivity index (χ0n) is 13.8. The monoisotopic (exact) mass is 332 g/mol. The minimum absolute atomic E-state index is 0.164. The molecular weight excluding hydrogens is 311 g/mol. The summed E-state index contributed by atoms with van der Waals surface area (Å²) in [5, 5.41) is 5.84. The minimum Gasteiger partial charge on any atom is -0.497 e. The summed E-state index contributed by atoms with van der Waals surface area (Å²) in [6.07, 6.45) is 0.259. The number of carbonyl (C=O) groups excluding carboxylic acids is 1. The maximum atomic E-state index is 13.5. The van der Waals surface area contributed by atoms with E-state index in [2.05, 4.69) is 10.6 Å². The number of hydrogen-bond donors (Lipinski definition) is 2. The van der Waals surface area contributed by atoms with Crippen LogP contribution in [0.25, 0.3) is 0 Å². The van der Waals surface area contributed by atoms with Gasteiger partial charge in [0.2, 0.25) is 5.91 Å². The number of ether oxygens (including phenoxy) is 2. The number of halogens is 1. The molecule has 0 saturated heterocycles. The molecule has 2 aromatic rings. The van der Waals surface area contributed by atoms with Gasteiger partial charge in [-0.3, -0.25) is 4.79 Å². The van der Waals surface area contributed by atoms with Crippen LogP contribution >= 0.6 is 0 Å². The van der Waals surface area contributed by atoms with E-state index in [1.807, 2.05) is 0 Å². The predicted molar refractivity (Wildman–Crippen MR) is 90.9 cm³/mol. The second-order valence-electron chi connectivity index (χ2n) is 5.13. The first-order valence-corrected chi connectivity index (χ1v) is 7.60. The van der Waals surface area contributed by atoms with Crippen LogP contribution in [0.3, 0.4) is 0 Å². The fraction of sp³-hybridized carbons (Fsp3) is 0.278. The van der Waals surface area contributed by atoms with Crippen molar-refractivity contribution >= 4 is 11.6 Å². The van der Waals surface area contributed by atoms with Gasteiger partial charge in [0.25, 0.3) is 0 Å². The molecule has 0 aromatic heterocycles. The van der Waals surface area contributed by atoms with Crippen molar-refractivity contribution in [3.05, 3.63) is 53.8 Å². The van der Waals surface area contributed by atoms with Crippen LogP contribution in [-0.2, 0) is 11.3 Å². The van der Waals surface area contributed by atoms with Gasteiger partial charge in [0, 0.05) is 31.1 Å². The van der Waals surface area contributed by atoms with Gasteiger partial charge in [-0.2, -0.15) is 0 Å². The second-order valence-corrected chi connectivity index (χ2v) is 5.13. The standard InChI is InChI=1S/C18H21FN2O3/c1-23-14-7-8-17(24-2)16(11-14)21-18(22)9-10-20-12-13-5-3-4-6-15(13)19/h3-8,11,20H,9-10,12H2,1-2H3,(H,21,22). The smallest absolute Gasteiger partial charge is 0.225 e. The Balaban J connectivity index is 1.82. The lowest BCUT2D eigenvalue weighted by atomic mass is 10.2. The van der Waals surface area contributed by atoms with E-state index < -0.39 is 0 Å². The quantitative estimate of drug-likeness (QED) is 0.730. The number of carbonyl (C=O) groups is 1. The summed E-state index contributed by atoms with van der Waals surface area (Å²) >= 11 is 0. The highest BCUT2D eigenvalue weighted by Gasteiger charge is 2.09. The second kappa shape index (κ2) is 8.88. The van der Waals surface area contributed by atoms with Gasteiger partial charge in [0.1, 0.15) is 17.3 Å². The Kier molecular flexibility index (Phi) is 6.57. The predicted octanol–water partition coefficient (Wildman–Crippen LogP) is 2.96. The highest BCUT2D eigenvalue weighted by Crippen LogP contribution is 2.28. The van der Waals surface area contributed by atoms with E-state index in [1.54, 1.807) is 43.5 Å². The number of anilines is 1. The van der Waals surface area contributed by atoms with Crippen molar-refractivity contribution in [2.75, 3.05) is 26.1 Å². The molecule has 0 atom stereocenters. The summed E-state index contributed by atoms with van der Waals surface area (Å²) in [5.41, 5.74) is 1.13. The molecule has 6 heteroatoms. The highest BCUT2D eigenvalue weighted by atomic mass is 19.1. The van der Waals surface area contributed by atoms with Crippen LogP contribution in [0.5, 0.6) is 11.5 Å². The molecule has 2 rings (SSSR count). The number of benzene rings is 2. The first kappa shape index (κ1) is 17.7. The zero-order valence-corrected chi connectivity index (χ0v) is 13.8. The van der Waals surface area contributed by atoms with Gasteiger partial charge in [-0.05, 0) is 18.2 Å². The number of rotatable bonds is 8. The Morgan fingerprint density at radius 1 is 1.12 bits per heavy atom. The maximum Gasteiger partial charge on any atom is 0.225 e. The summed E-state index contributed by atoms with van der Waals surface area (Å²) in [6, 6.07) is 11.7. The molecule has 0 aliphatic heterocycles. The molecule has 5 nitrogen and oxygen atoms in total. The van der Waals surface area contributed by atoms with Crippen molar-refractivity contribution in [2.24, 2.45) is 0 Å². The summed E-state index contributed by atoms with van der Waals surface area (Å²) in [7, 11) is 3.09. The van der Waals surface area contributed by atoms with Crippen molar-refractivity contribution in [1.29, 1.82) is 0 Å².